The molecular weight excluding hydrogens is 382 g/mol. The van der Waals surface area contributed by atoms with Crippen molar-refractivity contribution in [1.29, 1.82) is 0 Å². The van der Waals surface area contributed by atoms with Crippen molar-refractivity contribution in [2.45, 2.75) is 32.4 Å². The number of rotatable bonds is 5. The number of nitrogens with zero attached hydrogens (tertiary/aromatic N) is 1. The summed E-state index contributed by atoms with van der Waals surface area (Å²) in [5, 5.41) is 7.12. The summed E-state index contributed by atoms with van der Waals surface area (Å²) in [5.41, 5.74) is 7.62. The van der Waals surface area contributed by atoms with E-state index in [1.807, 2.05) is 30.3 Å². The average Bonchev–Trinajstić information content (AvgIpc) is 2.79. The number of fused-ring (bicyclic) bond motifs is 2. The zero-order valence-electron chi connectivity index (χ0n) is 18.4. The van der Waals surface area contributed by atoms with Gasteiger partial charge in [-0.3, -0.25) is 4.90 Å². The molecule has 2 heterocycles. The van der Waals surface area contributed by atoms with Crippen LogP contribution in [-0.4, -0.2) is 31.1 Å². The van der Waals surface area contributed by atoms with Crippen LogP contribution in [0.1, 0.15) is 36.1 Å². The third kappa shape index (κ3) is 4.18. The molecule has 4 heteroatoms. The summed E-state index contributed by atoms with van der Waals surface area (Å²) in [5.74, 6) is 0.899. The third-order valence-electron chi connectivity index (χ3n) is 6.55. The highest BCUT2D eigenvalue weighted by molar-refractivity contribution is 5.76. The van der Waals surface area contributed by atoms with Gasteiger partial charge in [-0.2, -0.15) is 0 Å². The summed E-state index contributed by atoms with van der Waals surface area (Å²) in [4.78, 5) is 2.54. The predicted molar refractivity (Wildman–Crippen MR) is 127 cm³/mol. The Kier molecular flexibility index (Phi) is 5.43. The van der Waals surface area contributed by atoms with Gasteiger partial charge in [0.25, 0.3) is 0 Å². The molecule has 31 heavy (non-hydrogen) atoms. The Morgan fingerprint density at radius 2 is 1.61 bits per heavy atom. The lowest BCUT2D eigenvalue weighted by Crippen LogP contribution is -2.42. The maximum atomic E-state index is 5.96. The van der Waals surface area contributed by atoms with Crippen LogP contribution in [0.3, 0.4) is 0 Å². The summed E-state index contributed by atoms with van der Waals surface area (Å²) in [6.45, 7) is 10.7. The van der Waals surface area contributed by atoms with Crippen LogP contribution in [0.4, 0.5) is 11.4 Å². The van der Waals surface area contributed by atoms with Crippen molar-refractivity contribution >= 4 is 11.4 Å². The Balaban J connectivity index is 1.36. The van der Waals surface area contributed by atoms with Gasteiger partial charge in [-0.25, -0.2) is 0 Å². The van der Waals surface area contributed by atoms with Gasteiger partial charge in [0.05, 0.1) is 0 Å². The third-order valence-corrected chi connectivity index (χ3v) is 6.55. The molecule has 0 bridgehead atoms. The van der Waals surface area contributed by atoms with E-state index in [1.54, 1.807) is 0 Å². The molecule has 3 aromatic rings. The molecule has 2 aliphatic rings. The molecule has 1 fully saturated rings. The molecular formula is C27H31N3O. The minimum absolute atomic E-state index is 0.0474. The van der Waals surface area contributed by atoms with E-state index in [4.69, 9.17) is 4.74 Å². The van der Waals surface area contributed by atoms with E-state index in [-0.39, 0.29) is 5.41 Å². The molecule has 0 radical (unpaired) electrons. The highest BCUT2D eigenvalue weighted by atomic mass is 16.5. The molecule has 2 aliphatic heterocycles. The number of ether oxygens (including phenoxy) is 1. The molecule has 0 aliphatic carbocycles. The second-order valence-corrected chi connectivity index (χ2v) is 9.14. The number of benzene rings is 3. The summed E-state index contributed by atoms with van der Waals surface area (Å²) >= 11 is 0. The van der Waals surface area contributed by atoms with Crippen LogP contribution in [-0.2, 0) is 18.6 Å². The maximum absolute atomic E-state index is 5.96. The van der Waals surface area contributed by atoms with Crippen LogP contribution in [0, 0.1) is 0 Å². The van der Waals surface area contributed by atoms with Crippen molar-refractivity contribution in [2.24, 2.45) is 0 Å². The van der Waals surface area contributed by atoms with Crippen LogP contribution < -0.4 is 15.4 Å². The van der Waals surface area contributed by atoms with E-state index in [0.717, 1.165) is 38.5 Å². The van der Waals surface area contributed by atoms with E-state index in [0.29, 0.717) is 6.61 Å². The van der Waals surface area contributed by atoms with Gasteiger partial charge in [0.2, 0.25) is 0 Å². The first kappa shape index (κ1) is 20.1. The fourth-order valence-corrected chi connectivity index (χ4v) is 4.75. The largest absolute Gasteiger partial charge is 0.489 e. The first-order valence-corrected chi connectivity index (χ1v) is 11.2. The molecule has 0 spiro atoms. The van der Waals surface area contributed by atoms with Gasteiger partial charge in [0, 0.05) is 49.5 Å². The van der Waals surface area contributed by atoms with Gasteiger partial charge >= 0.3 is 0 Å². The first-order chi connectivity index (χ1) is 15.1. The molecule has 2 N–H and O–H groups in total. The predicted octanol–water partition coefficient (Wildman–Crippen LogP) is 5.05. The van der Waals surface area contributed by atoms with Crippen molar-refractivity contribution < 1.29 is 4.74 Å². The van der Waals surface area contributed by atoms with E-state index in [2.05, 4.69) is 65.8 Å². The van der Waals surface area contributed by atoms with E-state index in [9.17, 15) is 0 Å². The molecule has 3 aromatic carbocycles. The Labute approximate surface area is 185 Å². The number of hydrogen-bond donors (Lipinski definition) is 2. The quantitative estimate of drug-likeness (QED) is 0.613. The molecule has 0 aromatic heterocycles. The lowest BCUT2D eigenvalue weighted by molar-refractivity contribution is 0.233. The molecule has 0 saturated carbocycles. The maximum Gasteiger partial charge on any atom is 0.119 e. The Bertz CT molecular complexity index is 1060. The molecule has 5 rings (SSSR count). The van der Waals surface area contributed by atoms with Gasteiger partial charge in [0.15, 0.2) is 0 Å². The minimum Gasteiger partial charge on any atom is -0.489 e. The molecule has 0 atom stereocenters. The van der Waals surface area contributed by atoms with Crippen LogP contribution in [0.2, 0.25) is 0 Å². The summed E-state index contributed by atoms with van der Waals surface area (Å²) in [6, 6.07) is 23.6. The standard InChI is InChI=1S/C27H31N3O/c1-27(2)23-10-8-21(19-31-22-6-4-3-5-7-22)17-26(23)29-25-11-9-20(16-24(25)27)18-30-14-12-28-13-15-30/h3-11,16-17,28-29H,12-15,18-19H2,1-2H3. The normalized spacial score (nSPS) is 17.4. The molecule has 160 valence electrons. The number of nitrogens with one attached hydrogen (secondary N) is 2. The monoisotopic (exact) mass is 413 g/mol. The van der Waals surface area contributed by atoms with Crippen molar-refractivity contribution in [3.05, 3.63) is 89.0 Å². The van der Waals surface area contributed by atoms with Gasteiger partial charge in [0.1, 0.15) is 12.4 Å². The number of anilines is 2. The lowest BCUT2D eigenvalue weighted by Gasteiger charge is -2.36. The Morgan fingerprint density at radius 1 is 0.839 bits per heavy atom. The molecule has 4 nitrogen and oxygen atoms in total. The highest BCUT2D eigenvalue weighted by Gasteiger charge is 2.33. The topological polar surface area (TPSA) is 36.5 Å². The smallest absolute Gasteiger partial charge is 0.119 e. The summed E-state index contributed by atoms with van der Waals surface area (Å²) in [6.07, 6.45) is 0. The summed E-state index contributed by atoms with van der Waals surface area (Å²) < 4.78 is 5.96. The molecule has 0 unspecified atom stereocenters. The Morgan fingerprint density at radius 3 is 2.42 bits per heavy atom. The first-order valence-electron chi connectivity index (χ1n) is 11.2. The second kappa shape index (κ2) is 8.37. The van der Waals surface area contributed by atoms with Crippen LogP contribution >= 0.6 is 0 Å². The number of para-hydroxylation sites is 1. The van der Waals surface area contributed by atoms with Gasteiger partial charge in [-0.05, 0) is 46.5 Å². The van der Waals surface area contributed by atoms with E-state index in [1.165, 1.54) is 33.6 Å². The molecule has 1 saturated heterocycles. The van der Waals surface area contributed by atoms with Gasteiger partial charge in [-0.1, -0.05) is 56.3 Å². The number of piperazine rings is 1. The fourth-order valence-electron chi connectivity index (χ4n) is 4.75. The van der Waals surface area contributed by atoms with Crippen molar-refractivity contribution in [3.8, 4) is 5.75 Å². The van der Waals surface area contributed by atoms with Crippen molar-refractivity contribution in [3.63, 3.8) is 0 Å². The van der Waals surface area contributed by atoms with E-state index >= 15 is 0 Å². The summed E-state index contributed by atoms with van der Waals surface area (Å²) in [7, 11) is 0. The zero-order valence-corrected chi connectivity index (χ0v) is 18.4. The minimum atomic E-state index is -0.0474. The average molecular weight is 414 g/mol. The van der Waals surface area contributed by atoms with Gasteiger partial charge < -0.3 is 15.4 Å². The molecule has 0 amide bonds. The van der Waals surface area contributed by atoms with Crippen LogP contribution in [0.5, 0.6) is 5.75 Å². The number of hydrogen-bond acceptors (Lipinski definition) is 4. The lowest BCUT2D eigenvalue weighted by atomic mass is 9.73. The van der Waals surface area contributed by atoms with Crippen LogP contribution in [0.25, 0.3) is 0 Å². The van der Waals surface area contributed by atoms with Gasteiger partial charge in [-0.15, -0.1) is 0 Å². The Hall–Kier alpha value is -2.82. The van der Waals surface area contributed by atoms with E-state index < -0.39 is 0 Å². The van der Waals surface area contributed by atoms with Crippen LogP contribution in [0.15, 0.2) is 66.7 Å². The zero-order chi connectivity index (χ0) is 21.3. The van der Waals surface area contributed by atoms with Crippen molar-refractivity contribution in [2.75, 3.05) is 31.5 Å². The van der Waals surface area contributed by atoms with Crippen molar-refractivity contribution in [1.82, 2.24) is 10.2 Å². The fraction of sp³-hybridized carbons (Fsp3) is 0.333. The second-order valence-electron chi connectivity index (χ2n) is 9.14. The highest BCUT2D eigenvalue weighted by Crippen LogP contribution is 2.46. The SMILES string of the molecule is CC1(C)c2ccc(COc3ccccc3)cc2Nc2ccc(CN3CCNCC3)cc21.